The first kappa shape index (κ1) is 40.9. The summed E-state index contributed by atoms with van der Waals surface area (Å²) >= 11 is 0. The second-order valence-corrected chi connectivity index (χ2v) is 14.5. The second kappa shape index (κ2) is 20.4. The molecule has 3 aromatic carbocycles. The number of unbranched alkanes of at least 4 members (excludes halogenated alkanes) is 1. The zero-order chi connectivity index (χ0) is 36.2. The van der Waals surface area contributed by atoms with Crippen LogP contribution in [-0.2, 0) is 28.6 Å². The monoisotopic (exact) mass is 743 g/mol. The van der Waals surface area contributed by atoms with E-state index < -0.39 is 54.4 Å². The van der Waals surface area contributed by atoms with Gasteiger partial charge in [0.25, 0.3) is 0 Å². The molecule has 0 aromatic heterocycles. The molecule has 0 fully saturated rings. The van der Waals surface area contributed by atoms with Gasteiger partial charge in [-0.3, -0.25) is 4.79 Å². The number of nitrogens with one attached hydrogen (secondary N) is 2. The first-order chi connectivity index (χ1) is 23.1. The van der Waals surface area contributed by atoms with E-state index in [4.69, 9.17) is 11.8 Å². The van der Waals surface area contributed by atoms with Crippen molar-refractivity contribution in [2.75, 3.05) is 32.5 Å². The minimum atomic E-state index is -5.65. The molecule has 3 aromatic rings. The van der Waals surface area contributed by atoms with Crippen LogP contribution in [0.5, 0.6) is 0 Å². The SMILES string of the molecule is [2H]C(OP(=O)([O-])[O-])[C@H](CCCCNC(=O)[C@@H](NC(=O)OC)C(c1ccccc1)c1ccccc1)N(CC(C)C)S(=O)(=O)c1ccc(N)cc1.[Ca+2]. The van der Waals surface area contributed by atoms with Crippen LogP contribution in [0.25, 0.3) is 0 Å². The Labute approximate surface area is 319 Å². The van der Waals surface area contributed by atoms with Gasteiger partial charge in [0.05, 0.1) is 27.8 Å². The minimum absolute atomic E-state index is 0. The van der Waals surface area contributed by atoms with Crippen molar-refractivity contribution in [2.45, 2.75) is 56.0 Å². The van der Waals surface area contributed by atoms with E-state index in [0.717, 1.165) is 15.4 Å². The number of anilines is 1. The van der Waals surface area contributed by atoms with E-state index in [1.54, 1.807) is 13.8 Å². The number of sulfonamides is 1. The third kappa shape index (κ3) is 13.6. The molecular formula is C33H43CaN4O9PS. The predicted molar refractivity (Wildman–Crippen MR) is 184 cm³/mol. The Kier molecular flexibility index (Phi) is 17.0. The first-order valence-corrected chi connectivity index (χ1v) is 18.3. The molecule has 0 aliphatic heterocycles. The average molecular weight is 744 g/mol. The van der Waals surface area contributed by atoms with Crippen LogP contribution >= 0.6 is 7.82 Å². The van der Waals surface area contributed by atoms with Crippen LogP contribution < -0.4 is 26.2 Å². The molecule has 2 amide bonds. The molecule has 262 valence electrons. The van der Waals surface area contributed by atoms with E-state index in [0.29, 0.717) is 5.69 Å². The number of carbonyl (C=O) groups is 2. The molecule has 1 unspecified atom stereocenters. The summed E-state index contributed by atoms with van der Waals surface area (Å²) < 4.78 is 57.7. The fraction of sp³-hybridized carbons (Fsp3) is 0.394. The maximum atomic E-state index is 13.8. The predicted octanol–water partition coefficient (Wildman–Crippen LogP) is 2.59. The van der Waals surface area contributed by atoms with E-state index in [1.807, 2.05) is 60.7 Å². The second-order valence-electron chi connectivity index (χ2n) is 11.5. The van der Waals surface area contributed by atoms with Crippen LogP contribution in [0.3, 0.4) is 0 Å². The molecule has 0 saturated carbocycles. The third-order valence-corrected chi connectivity index (χ3v) is 9.65. The van der Waals surface area contributed by atoms with Gasteiger partial charge in [0.15, 0.2) is 0 Å². The molecule has 16 heteroatoms. The van der Waals surface area contributed by atoms with Crippen LogP contribution in [-0.4, -0.2) is 101 Å². The molecule has 0 bridgehead atoms. The standard InChI is InChI=1S/C33H45N4O9PS.Ca/c1-24(2)22-37(48(43,44)29-19-17-27(34)18-20-29)28(23-46-47(40,41)42)16-10-11-21-35-32(38)31(36-33(39)45-3)30(25-12-6-4-7-13-25)26-14-8-5-9-15-26;/h4-9,12-15,17-20,24,28,30-31H,10-11,16,21-23,34H2,1-3H3,(H,35,38)(H,36,39)(H2,40,41,42);/q;+2/p-2/t28-,31-;/m0./s1/i23D;/t23?,28-,31-;. The molecule has 0 aliphatic rings. The Morgan fingerprint density at radius 1 is 0.959 bits per heavy atom. The Balaban J connectivity index is 0.00000867. The van der Waals surface area contributed by atoms with Crippen molar-refractivity contribution in [3.05, 3.63) is 96.1 Å². The maximum absolute atomic E-state index is 13.8. The Hall–Kier alpha value is -2.52. The summed E-state index contributed by atoms with van der Waals surface area (Å²) in [5.41, 5.74) is 7.61. The Bertz CT molecular complexity index is 1610. The van der Waals surface area contributed by atoms with E-state index in [9.17, 15) is 32.4 Å². The number of nitrogen functional groups attached to an aromatic ring is 1. The normalized spacial score (nSPS) is 14.0. The molecule has 0 saturated heterocycles. The number of alkyl carbamates (subject to hydrolysis) is 1. The van der Waals surface area contributed by atoms with Gasteiger partial charge in [0.2, 0.25) is 15.9 Å². The van der Waals surface area contributed by atoms with Gasteiger partial charge in [-0.1, -0.05) is 80.9 Å². The van der Waals surface area contributed by atoms with E-state index in [1.165, 1.54) is 31.4 Å². The van der Waals surface area contributed by atoms with Crippen LogP contribution in [0.1, 0.15) is 51.5 Å². The van der Waals surface area contributed by atoms with Gasteiger partial charge < -0.3 is 40.0 Å². The number of hydrogen-bond donors (Lipinski definition) is 3. The number of hydrogen-bond acceptors (Lipinski definition) is 10. The first-order valence-electron chi connectivity index (χ1n) is 15.9. The van der Waals surface area contributed by atoms with Gasteiger partial charge in [-0.15, -0.1) is 0 Å². The molecule has 0 spiro atoms. The number of nitrogens with two attached hydrogens (primary N) is 1. The molecule has 3 atom stereocenters. The quantitative estimate of drug-likeness (QED) is 0.0752. The molecular weight excluding hydrogens is 700 g/mol. The number of phosphoric acid groups is 1. The zero-order valence-electron chi connectivity index (χ0n) is 28.8. The summed E-state index contributed by atoms with van der Waals surface area (Å²) in [6.45, 7) is 1.43. The number of methoxy groups -OCH3 is 1. The number of benzene rings is 3. The molecule has 0 aliphatic carbocycles. The summed E-state index contributed by atoms with van der Waals surface area (Å²) in [6, 6.07) is 21.3. The van der Waals surface area contributed by atoms with E-state index >= 15 is 0 Å². The van der Waals surface area contributed by atoms with Crippen LogP contribution in [0.2, 0.25) is 0 Å². The Morgan fingerprint density at radius 3 is 2.00 bits per heavy atom. The maximum Gasteiger partial charge on any atom is 2.00 e. The molecule has 0 heterocycles. The van der Waals surface area contributed by atoms with Crippen molar-refractivity contribution in [3.63, 3.8) is 0 Å². The van der Waals surface area contributed by atoms with Gasteiger partial charge in [0, 0.05) is 30.7 Å². The number of carbonyl (C=O) groups excluding carboxylic acids is 2. The number of nitrogens with zero attached hydrogens (tertiary/aromatic N) is 1. The number of ether oxygens (including phenoxy) is 1. The molecule has 3 rings (SSSR count). The molecule has 49 heavy (non-hydrogen) atoms. The summed E-state index contributed by atoms with van der Waals surface area (Å²) in [4.78, 5) is 48.9. The third-order valence-electron chi connectivity index (χ3n) is 7.37. The van der Waals surface area contributed by atoms with E-state index in [2.05, 4.69) is 15.2 Å². The summed E-state index contributed by atoms with van der Waals surface area (Å²) in [5.74, 6) is -1.33. The van der Waals surface area contributed by atoms with Crippen LogP contribution in [0, 0.1) is 5.92 Å². The number of amides is 2. The van der Waals surface area contributed by atoms with Crippen molar-refractivity contribution >= 4 is 73.3 Å². The molecule has 4 N–H and O–H groups in total. The van der Waals surface area contributed by atoms with Crippen molar-refractivity contribution in [3.8, 4) is 0 Å². The van der Waals surface area contributed by atoms with Crippen LogP contribution in [0.4, 0.5) is 10.5 Å². The van der Waals surface area contributed by atoms with Gasteiger partial charge in [-0.2, -0.15) is 4.31 Å². The molecule has 13 nitrogen and oxygen atoms in total. The fourth-order valence-corrected chi connectivity index (χ4v) is 7.20. The molecule has 0 radical (unpaired) electrons. The van der Waals surface area contributed by atoms with Crippen molar-refractivity contribution < 1.29 is 43.0 Å². The average Bonchev–Trinajstić information content (AvgIpc) is 3.05. The topological polar surface area (TPSA) is 203 Å². The van der Waals surface area contributed by atoms with E-state index in [-0.39, 0.29) is 80.9 Å². The zero-order valence-corrected chi connectivity index (χ0v) is 31.7. The number of phosphoric ester groups is 1. The smallest absolute Gasteiger partial charge is 0.790 e. The van der Waals surface area contributed by atoms with Crippen molar-refractivity contribution in [1.82, 2.24) is 14.9 Å². The summed E-state index contributed by atoms with van der Waals surface area (Å²) in [7, 11) is -8.75. The minimum Gasteiger partial charge on any atom is -0.790 e. The van der Waals surface area contributed by atoms with Gasteiger partial charge in [-0.25, -0.2) is 13.2 Å². The summed E-state index contributed by atoms with van der Waals surface area (Å²) in [6.07, 6.45) is -0.410. The van der Waals surface area contributed by atoms with Gasteiger partial charge in [-0.05, 0) is 54.2 Å². The largest absolute Gasteiger partial charge is 2.00 e. The van der Waals surface area contributed by atoms with Crippen LogP contribution in [0.15, 0.2) is 89.8 Å². The fourth-order valence-electron chi connectivity index (χ4n) is 5.16. The Morgan fingerprint density at radius 2 is 1.51 bits per heavy atom. The summed E-state index contributed by atoms with van der Waals surface area (Å²) in [5, 5.41) is 5.47. The van der Waals surface area contributed by atoms with Gasteiger partial charge >= 0.3 is 43.8 Å². The van der Waals surface area contributed by atoms with Gasteiger partial charge in [0.1, 0.15) is 6.04 Å². The number of rotatable bonds is 18. The van der Waals surface area contributed by atoms with Crippen molar-refractivity contribution in [2.24, 2.45) is 5.92 Å². The van der Waals surface area contributed by atoms with Crippen molar-refractivity contribution in [1.29, 1.82) is 0 Å².